The third-order valence-corrected chi connectivity index (χ3v) is 5.24. The molecule has 1 saturated heterocycles. The van der Waals surface area contributed by atoms with Gasteiger partial charge in [0, 0.05) is 42.6 Å². The second-order valence-corrected chi connectivity index (χ2v) is 6.76. The predicted molar refractivity (Wildman–Crippen MR) is 98.0 cm³/mol. The average molecular weight is 329 g/mol. The summed E-state index contributed by atoms with van der Waals surface area (Å²) >= 11 is 0. The highest BCUT2D eigenvalue weighted by Gasteiger charge is 2.34. The zero-order valence-electron chi connectivity index (χ0n) is 15.1. The van der Waals surface area contributed by atoms with Gasteiger partial charge in [-0.05, 0) is 45.5 Å². The number of hydrogen-bond acceptors (Lipinski definition) is 5. The Balaban J connectivity index is 1.93. The second kappa shape index (κ2) is 6.95. The Hall–Kier alpha value is -1.85. The largest absolute Gasteiger partial charge is 0.494 e. The molecule has 2 heterocycles. The molecular formula is C19H27N3O2. The summed E-state index contributed by atoms with van der Waals surface area (Å²) in [7, 11) is 6.01. The molecule has 2 aromatic rings. The lowest BCUT2D eigenvalue weighted by Gasteiger charge is -2.43. The zero-order chi connectivity index (χ0) is 17.2. The van der Waals surface area contributed by atoms with Crippen molar-refractivity contribution in [3.8, 4) is 5.75 Å². The molecule has 3 rings (SSSR count). The minimum atomic E-state index is 0.124. The predicted octanol–water partition coefficient (Wildman–Crippen LogP) is 3.07. The summed E-state index contributed by atoms with van der Waals surface area (Å²) in [6, 6.07) is 6.07. The standard InChI is InChI=1S/C19H27N3O2/c1-14-12-20-18-15(6-5-7-16(18)23-4)17(14)21-13-19(22(2)3)8-10-24-11-9-19/h5-7,12H,8-11,13H2,1-4H3,(H,20,21). The maximum atomic E-state index is 5.57. The SMILES string of the molecule is COc1cccc2c(NCC3(N(C)C)CCOCC3)c(C)cnc12. The molecule has 1 fully saturated rings. The molecule has 0 bridgehead atoms. The number of para-hydroxylation sites is 1. The molecule has 5 heteroatoms. The summed E-state index contributed by atoms with van der Waals surface area (Å²) in [5, 5.41) is 4.81. The van der Waals surface area contributed by atoms with Gasteiger partial charge >= 0.3 is 0 Å². The molecule has 5 nitrogen and oxygen atoms in total. The average Bonchev–Trinajstić information content (AvgIpc) is 2.60. The summed E-state index contributed by atoms with van der Waals surface area (Å²) in [6.45, 7) is 4.63. The van der Waals surface area contributed by atoms with Crippen LogP contribution in [0.4, 0.5) is 5.69 Å². The first kappa shape index (κ1) is 17.0. The van der Waals surface area contributed by atoms with Crippen molar-refractivity contribution in [3.05, 3.63) is 30.0 Å². The Kier molecular flexibility index (Phi) is 4.92. The highest BCUT2D eigenvalue weighted by atomic mass is 16.5. The van der Waals surface area contributed by atoms with Crippen LogP contribution in [0.1, 0.15) is 18.4 Å². The van der Waals surface area contributed by atoms with Gasteiger partial charge in [-0.1, -0.05) is 12.1 Å². The normalized spacial score (nSPS) is 17.2. The topological polar surface area (TPSA) is 46.6 Å². The van der Waals surface area contributed by atoms with E-state index < -0.39 is 0 Å². The first-order valence-electron chi connectivity index (χ1n) is 8.49. The summed E-state index contributed by atoms with van der Waals surface area (Å²) in [4.78, 5) is 6.90. The number of methoxy groups -OCH3 is 1. The van der Waals surface area contributed by atoms with Crippen LogP contribution in [0, 0.1) is 6.92 Å². The van der Waals surface area contributed by atoms with Gasteiger partial charge in [-0.15, -0.1) is 0 Å². The molecule has 0 unspecified atom stereocenters. The Bertz CT molecular complexity index is 709. The van der Waals surface area contributed by atoms with Crippen LogP contribution in [0.5, 0.6) is 5.75 Å². The smallest absolute Gasteiger partial charge is 0.145 e. The van der Waals surface area contributed by atoms with Gasteiger partial charge in [-0.2, -0.15) is 0 Å². The molecule has 0 radical (unpaired) electrons. The first-order chi connectivity index (χ1) is 11.6. The van der Waals surface area contributed by atoms with Crippen LogP contribution in [0.3, 0.4) is 0 Å². The number of pyridine rings is 1. The van der Waals surface area contributed by atoms with E-state index in [0.717, 1.165) is 60.5 Å². The number of rotatable bonds is 5. The zero-order valence-corrected chi connectivity index (χ0v) is 15.1. The molecule has 1 N–H and O–H groups in total. The van der Waals surface area contributed by atoms with Gasteiger partial charge in [-0.3, -0.25) is 4.98 Å². The summed E-state index contributed by atoms with van der Waals surface area (Å²) in [6.07, 6.45) is 4.00. The van der Waals surface area contributed by atoms with Gasteiger partial charge in [0.25, 0.3) is 0 Å². The number of benzene rings is 1. The molecule has 130 valence electrons. The van der Waals surface area contributed by atoms with Crippen LogP contribution in [0.25, 0.3) is 10.9 Å². The van der Waals surface area contributed by atoms with Crippen LogP contribution >= 0.6 is 0 Å². The minimum absolute atomic E-state index is 0.124. The molecule has 1 aliphatic heterocycles. The fourth-order valence-electron chi connectivity index (χ4n) is 3.48. The van der Waals surface area contributed by atoms with E-state index in [1.807, 2.05) is 18.3 Å². The van der Waals surface area contributed by atoms with Crippen molar-refractivity contribution in [3.63, 3.8) is 0 Å². The van der Waals surface area contributed by atoms with Gasteiger partial charge in [-0.25, -0.2) is 0 Å². The van der Waals surface area contributed by atoms with Crippen molar-refractivity contribution in [2.45, 2.75) is 25.3 Å². The van der Waals surface area contributed by atoms with Gasteiger partial charge < -0.3 is 19.7 Å². The summed E-state index contributed by atoms with van der Waals surface area (Å²) in [5.74, 6) is 0.809. The quantitative estimate of drug-likeness (QED) is 0.913. The molecule has 0 amide bonds. The number of nitrogens with one attached hydrogen (secondary N) is 1. The molecule has 24 heavy (non-hydrogen) atoms. The molecule has 0 spiro atoms. The van der Waals surface area contributed by atoms with E-state index in [2.05, 4.69) is 42.3 Å². The third-order valence-electron chi connectivity index (χ3n) is 5.24. The van der Waals surface area contributed by atoms with Crippen LogP contribution < -0.4 is 10.1 Å². The molecule has 0 saturated carbocycles. The minimum Gasteiger partial charge on any atom is -0.494 e. The van der Waals surface area contributed by atoms with E-state index in [0.29, 0.717) is 0 Å². The van der Waals surface area contributed by atoms with Crippen molar-refractivity contribution < 1.29 is 9.47 Å². The lowest BCUT2D eigenvalue weighted by Crippen LogP contribution is -2.53. The Morgan fingerprint density at radius 1 is 1.29 bits per heavy atom. The highest BCUT2D eigenvalue weighted by Crippen LogP contribution is 2.33. The summed E-state index contributed by atoms with van der Waals surface area (Å²) in [5.41, 5.74) is 3.32. The number of aryl methyl sites for hydroxylation is 1. The second-order valence-electron chi connectivity index (χ2n) is 6.76. The number of aromatic nitrogens is 1. The lowest BCUT2D eigenvalue weighted by atomic mass is 9.88. The van der Waals surface area contributed by atoms with E-state index in [1.54, 1.807) is 7.11 Å². The maximum Gasteiger partial charge on any atom is 0.145 e. The Morgan fingerprint density at radius 3 is 2.71 bits per heavy atom. The monoisotopic (exact) mass is 329 g/mol. The molecule has 1 aromatic carbocycles. The molecule has 0 aliphatic carbocycles. The van der Waals surface area contributed by atoms with E-state index in [-0.39, 0.29) is 5.54 Å². The third kappa shape index (κ3) is 3.06. The fourth-order valence-corrected chi connectivity index (χ4v) is 3.48. The van der Waals surface area contributed by atoms with E-state index >= 15 is 0 Å². The van der Waals surface area contributed by atoms with Gasteiger partial charge in [0.2, 0.25) is 0 Å². The first-order valence-corrected chi connectivity index (χ1v) is 8.49. The van der Waals surface area contributed by atoms with E-state index in [9.17, 15) is 0 Å². The van der Waals surface area contributed by atoms with Crippen molar-refractivity contribution in [1.82, 2.24) is 9.88 Å². The molecular weight excluding hydrogens is 302 g/mol. The van der Waals surface area contributed by atoms with Crippen LogP contribution in [0.15, 0.2) is 24.4 Å². The van der Waals surface area contributed by atoms with Gasteiger partial charge in [0.05, 0.1) is 7.11 Å². The van der Waals surface area contributed by atoms with Crippen molar-refractivity contribution >= 4 is 16.6 Å². The Morgan fingerprint density at radius 2 is 2.04 bits per heavy atom. The van der Waals surface area contributed by atoms with Gasteiger partial charge in [0.15, 0.2) is 0 Å². The molecule has 0 atom stereocenters. The van der Waals surface area contributed by atoms with Gasteiger partial charge in [0.1, 0.15) is 11.3 Å². The molecule has 1 aromatic heterocycles. The van der Waals surface area contributed by atoms with Crippen LogP contribution in [-0.4, -0.2) is 56.4 Å². The van der Waals surface area contributed by atoms with Crippen LogP contribution in [0.2, 0.25) is 0 Å². The number of hydrogen-bond donors (Lipinski definition) is 1. The van der Waals surface area contributed by atoms with Crippen molar-refractivity contribution in [1.29, 1.82) is 0 Å². The number of anilines is 1. The van der Waals surface area contributed by atoms with E-state index in [1.165, 1.54) is 0 Å². The van der Waals surface area contributed by atoms with Crippen LogP contribution in [-0.2, 0) is 4.74 Å². The molecule has 1 aliphatic rings. The fraction of sp³-hybridized carbons (Fsp3) is 0.526. The van der Waals surface area contributed by atoms with Crippen molar-refractivity contribution in [2.24, 2.45) is 0 Å². The summed E-state index contributed by atoms with van der Waals surface area (Å²) < 4.78 is 11.0. The number of likely N-dealkylation sites (N-methyl/N-ethyl adjacent to an activating group) is 1. The van der Waals surface area contributed by atoms with Crippen molar-refractivity contribution in [2.75, 3.05) is 46.3 Å². The lowest BCUT2D eigenvalue weighted by molar-refractivity contribution is -0.000619. The number of ether oxygens (including phenoxy) is 2. The Labute approximate surface area is 144 Å². The number of nitrogens with zero attached hydrogens (tertiary/aromatic N) is 2. The highest BCUT2D eigenvalue weighted by molar-refractivity contribution is 5.96. The maximum absolute atomic E-state index is 5.57. The number of fused-ring (bicyclic) bond motifs is 1. The van der Waals surface area contributed by atoms with E-state index in [4.69, 9.17) is 9.47 Å².